The molecule has 0 bridgehead atoms. The van der Waals surface area contributed by atoms with Gasteiger partial charge in [0.25, 0.3) is 0 Å². The van der Waals surface area contributed by atoms with Crippen LogP contribution in [0.2, 0.25) is 5.02 Å². The standard InChI is InChI=1S/C14H7Br2ClF2O/c15-9-3-1-2-7(13(9)17)12(20)6-8-11(18)5-4-10(16)14(8)19/h1-5H,6H2. The molecule has 2 aromatic carbocycles. The summed E-state index contributed by atoms with van der Waals surface area (Å²) < 4.78 is 28.1. The number of carbonyl (C=O) groups excluding carboxylic acids is 1. The fraction of sp³-hybridized carbons (Fsp3) is 0.0714. The molecule has 0 aliphatic carbocycles. The Hall–Kier alpha value is -0.780. The van der Waals surface area contributed by atoms with Crippen LogP contribution in [-0.2, 0) is 6.42 Å². The Morgan fingerprint density at radius 3 is 2.50 bits per heavy atom. The first kappa shape index (κ1) is 15.6. The first-order valence-electron chi connectivity index (χ1n) is 5.51. The van der Waals surface area contributed by atoms with Gasteiger partial charge in [0.1, 0.15) is 11.6 Å². The number of Topliss-reactive ketones (excluding diaryl/α,β-unsaturated/α-hetero) is 1. The van der Waals surface area contributed by atoms with Crippen molar-refractivity contribution in [2.45, 2.75) is 6.42 Å². The van der Waals surface area contributed by atoms with Crippen molar-refractivity contribution >= 4 is 49.2 Å². The summed E-state index contributed by atoms with van der Waals surface area (Å²) in [5.41, 5.74) is -0.0553. The van der Waals surface area contributed by atoms with E-state index < -0.39 is 23.8 Å². The second kappa shape index (κ2) is 6.33. The Balaban J connectivity index is 2.38. The van der Waals surface area contributed by atoms with Gasteiger partial charge in [0, 0.05) is 22.0 Å². The van der Waals surface area contributed by atoms with Crippen LogP contribution in [0, 0.1) is 11.6 Å². The number of benzene rings is 2. The van der Waals surface area contributed by atoms with Crippen LogP contribution >= 0.6 is 43.5 Å². The molecular weight excluding hydrogens is 417 g/mol. The summed E-state index contributed by atoms with van der Waals surface area (Å²) in [6, 6.07) is 7.20. The lowest BCUT2D eigenvalue weighted by atomic mass is 10.0. The summed E-state index contributed by atoms with van der Waals surface area (Å²) >= 11 is 12.2. The molecule has 0 aromatic heterocycles. The second-order valence-corrected chi connectivity index (χ2v) is 6.11. The van der Waals surface area contributed by atoms with Crippen LogP contribution in [0.1, 0.15) is 15.9 Å². The maximum atomic E-state index is 13.8. The van der Waals surface area contributed by atoms with Gasteiger partial charge in [0.05, 0.1) is 9.50 Å². The molecule has 0 aliphatic rings. The van der Waals surface area contributed by atoms with Gasteiger partial charge in [-0.3, -0.25) is 4.79 Å². The summed E-state index contributed by atoms with van der Waals surface area (Å²) in [5, 5.41) is 0.230. The molecule has 20 heavy (non-hydrogen) atoms. The molecule has 104 valence electrons. The first-order chi connectivity index (χ1) is 9.41. The highest BCUT2D eigenvalue weighted by molar-refractivity contribution is 9.10. The smallest absolute Gasteiger partial charge is 0.168 e. The van der Waals surface area contributed by atoms with E-state index in [1.165, 1.54) is 12.1 Å². The third kappa shape index (κ3) is 3.10. The van der Waals surface area contributed by atoms with Gasteiger partial charge in [0.15, 0.2) is 5.78 Å². The van der Waals surface area contributed by atoms with E-state index in [2.05, 4.69) is 31.9 Å². The second-order valence-electron chi connectivity index (χ2n) is 4.02. The maximum absolute atomic E-state index is 13.8. The van der Waals surface area contributed by atoms with Crippen molar-refractivity contribution < 1.29 is 13.6 Å². The van der Waals surface area contributed by atoms with Crippen molar-refractivity contribution in [2.24, 2.45) is 0 Å². The molecule has 0 heterocycles. The molecule has 1 nitrogen and oxygen atoms in total. The van der Waals surface area contributed by atoms with Crippen molar-refractivity contribution in [2.75, 3.05) is 0 Å². The van der Waals surface area contributed by atoms with Crippen molar-refractivity contribution in [3.63, 3.8) is 0 Å². The number of halogens is 5. The maximum Gasteiger partial charge on any atom is 0.168 e. The van der Waals surface area contributed by atoms with E-state index in [4.69, 9.17) is 11.6 Å². The van der Waals surface area contributed by atoms with E-state index >= 15 is 0 Å². The molecule has 0 spiro atoms. The van der Waals surface area contributed by atoms with Crippen LogP contribution < -0.4 is 0 Å². The summed E-state index contributed by atoms with van der Waals surface area (Å²) in [5.74, 6) is -1.98. The molecule has 0 amide bonds. The molecule has 0 saturated carbocycles. The fourth-order valence-electron chi connectivity index (χ4n) is 1.71. The predicted octanol–water partition coefficient (Wildman–Crippen LogP) is 5.57. The van der Waals surface area contributed by atoms with Crippen molar-refractivity contribution in [3.05, 3.63) is 67.1 Å². The van der Waals surface area contributed by atoms with E-state index in [1.54, 1.807) is 12.1 Å². The van der Waals surface area contributed by atoms with Gasteiger partial charge in [-0.15, -0.1) is 0 Å². The Morgan fingerprint density at radius 1 is 1.10 bits per heavy atom. The molecule has 0 N–H and O–H groups in total. The molecule has 2 aromatic rings. The molecule has 0 atom stereocenters. The molecule has 6 heteroatoms. The lowest BCUT2D eigenvalue weighted by molar-refractivity contribution is 0.0990. The lowest BCUT2D eigenvalue weighted by Gasteiger charge is -2.08. The zero-order valence-corrected chi connectivity index (χ0v) is 13.8. The van der Waals surface area contributed by atoms with Crippen LogP contribution in [0.25, 0.3) is 0 Å². The lowest BCUT2D eigenvalue weighted by Crippen LogP contribution is -2.08. The average Bonchev–Trinajstić information content (AvgIpc) is 2.42. The van der Waals surface area contributed by atoms with Crippen LogP contribution in [0.4, 0.5) is 8.78 Å². The van der Waals surface area contributed by atoms with E-state index in [9.17, 15) is 13.6 Å². The van der Waals surface area contributed by atoms with Crippen molar-refractivity contribution in [3.8, 4) is 0 Å². The molecule has 0 saturated heterocycles. The summed E-state index contributed by atoms with van der Waals surface area (Å²) in [7, 11) is 0. The zero-order valence-electron chi connectivity index (χ0n) is 9.89. The number of hydrogen-bond acceptors (Lipinski definition) is 1. The monoisotopic (exact) mass is 422 g/mol. The molecular formula is C14H7Br2ClF2O. The molecule has 0 unspecified atom stereocenters. The van der Waals surface area contributed by atoms with Gasteiger partial charge >= 0.3 is 0 Å². The molecule has 0 radical (unpaired) electrons. The Labute approximate surface area is 136 Å². The minimum Gasteiger partial charge on any atom is -0.294 e. The Kier molecular flexibility index (Phi) is 4.94. The molecule has 2 rings (SSSR count). The number of hydrogen-bond donors (Lipinski definition) is 0. The number of carbonyl (C=O) groups is 1. The fourth-order valence-corrected chi connectivity index (χ4v) is 2.68. The highest BCUT2D eigenvalue weighted by Crippen LogP contribution is 2.28. The van der Waals surface area contributed by atoms with Gasteiger partial charge in [-0.2, -0.15) is 0 Å². The summed E-state index contributed by atoms with van der Waals surface area (Å²) in [4.78, 5) is 12.1. The highest BCUT2D eigenvalue weighted by atomic mass is 79.9. The van der Waals surface area contributed by atoms with Gasteiger partial charge < -0.3 is 0 Å². The Bertz CT molecular complexity index is 689. The zero-order chi connectivity index (χ0) is 14.9. The van der Waals surface area contributed by atoms with Crippen LogP contribution in [0.15, 0.2) is 39.3 Å². The normalized spacial score (nSPS) is 10.7. The number of ketones is 1. The summed E-state index contributed by atoms with van der Waals surface area (Å²) in [6.07, 6.45) is -0.396. The minimum absolute atomic E-state index is 0.113. The molecule has 0 fully saturated rings. The topological polar surface area (TPSA) is 17.1 Å². The van der Waals surface area contributed by atoms with Crippen molar-refractivity contribution in [1.82, 2.24) is 0 Å². The first-order valence-corrected chi connectivity index (χ1v) is 7.47. The SMILES string of the molecule is O=C(Cc1c(F)ccc(Br)c1F)c1cccc(Br)c1Cl. The largest absolute Gasteiger partial charge is 0.294 e. The number of rotatable bonds is 3. The third-order valence-corrected chi connectivity index (χ3v) is 4.64. The van der Waals surface area contributed by atoms with E-state index in [0.717, 1.165) is 6.07 Å². The van der Waals surface area contributed by atoms with E-state index in [-0.39, 0.29) is 20.6 Å². The van der Waals surface area contributed by atoms with E-state index in [1.807, 2.05) is 0 Å². The Morgan fingerprint density at radius 2 is 1.80 bits per heavy atom. The van der Waals surface area contributed by atoms with Crippen LogP contribution in [0.3, 0.4) is 0 Å². The van der Waals surface area contributed by atoms with Gasteiger partial charge in [-0.1, -0.05) is 17.7 Å². The molecule has 0 aliphatic heterocycles. The average molecular weight is 424 g/mol. The minimum atomic E-state index is -0.774. The quantitative estimate of drug-likeness (QED) is 0.465. The highest BCUT2D eigenvalue weighted by Gasteiger charge is 2.19. The predicted molar refractivity (Wildman–Crippen MR) is 81.2 cm³/mol. The summed E-state index contributed by atoms with van der Waals surface area (Å²) in [6.45, 7) is 0. The van der Waals surface area contributed by atoms with Crippen LogP contribution in [0.5, 0.6) is 0 Å². The van der Waals surface area contributed by atoms with E-state index in [0.29, 0.717) is 4.47 Å². The van der Waals surface area contributed by atoms with Gasteiger partial charge in [-0.25, -0.2) is 8.78 Å². The third-order valence-electron chi connectivity index (χ3n) is 2.73. The van der Waals surface area contributed by atoms with Crippen molar-refractivity contribution in [1.29, 1.82) is 0 Å². The van der Waals surface area contributed by atoms with Crippen LogP contribution in [-0.4, -0.2) is 5.78 Å². The van der Waals surface area contributed by atoms with Gasteiger partial charge in [0.2, 0.25) is 0 Å². The van der Waals surface area contributed by atoms with Gasteiger partial charge in [-0.05, 0) is 56.1 Å².